The molecule has 0 spiro atoms. The lowest BCUT2D eigenvalue weighted by Gasteiger charge is -2.19. The third-order valence-corrected chi connectivity index (χ3v) is 0.539. The molecule has 0 amide bonds. The maximum absolute atomic E-state index is 9.68. The smallest absolute Gasteiger partial charge is 0.258 e. The molecule has 0 unspecified atom stereocenters. The van der Waals surface area contributed by atoms with E-state index in [0.717, 1.165) is 0 Å². The largest absolute Gasteiger partial charge is 0.324 e. The molecule has 0 saturated heterocycles. The van der Waals surface area contributed by atoms with Crippen molar-refractivity contribution in [3.63, 3.8) is 0 Å². The van der Waals surface area contributed by atoms with Crippen molar-refractivity contribution in [1.29, 1.82) is 0 Å². The van der Waals surface area contributed by atoms with E-state index in [1.807, 2.05) is 27.4 Å². The molecule has 7 heavy (non-hydrogen) atoms. The third kappa shape index (κ3) is 5.63. The molecule has 0 N–H and O–H groups in total. The molecule has 0 saturated carbocycles. The number of carbonyl (C=O) groups excluding carboxylic acids is 1. The molecular formula is C5H11NO+. The Hall–Kier alpha value is -0.370. The molecule has 0 fully saturated rings. The molecule has 41 valence electrons. The molecule has 0 aliphatic rings. The zero-order valence-electron chi connectivity index (χ0n) is 5.06. The second kappa shape index (κ2) is 2.07. The zero-order chi connectivity index (χ0) is 5.91. The SMILES string of the molecule is C[N+](C)(C)C[C]=O. The normalized spacial score (nSPS) is 11.3. The lowest BCUT2D eigenvalue weighted by atomic mass is 10.6. The van der Waals surface area contributed by atoms with E-state index in [1.165, 1.54) is 0 Å². The minimum atomic E-state index is 0.472. The van der Waals surface area contributed by atoms with Crippen LogP contribution in [0.15, 0.2) is 0 Å². The van der Waals surface area contributed by atoms with Crippen LogP contribution in [-0.2, 0) is 4.79 Å². The Labute approximate surface area is 44.3 Å². The molecule has 0 heterocycles. The van der Waals surface area contributed by atoms with Gasteiger partial charge in [-0.2, -0.15) is 0 Å². The van der Waals surface area contributed by atoms with Crippen molar-refractivity contribution in [3.05, 3.63) is 0 Å². The number of hydrogen-bond donors (Lipinski definition) is 0. The van der Waals surface area contributed by atoms with Crippen LogP contribution >= 0.6 is 0 Å². The fraction of sp³-hybridized carbons (Fsp3) is 0.800. The van der Waals surface area contributed by atoms with Gasteiger partial charge in [-0.15, -0.1) is 0 Å². The van der Waals surface area contributed by atoms with Crippen LogP contribution in [0.4, 0.5) is 0 Å². The number of hydrogen-bond acceptors (Lipinski definition) is 1. The van der Waals surface area contributed by atoms with E-state index in [4.69, 9.17) is 0 Å². The van der Waals surface area contributed by atoms with Gasteiger partial charge in [0.1, 0.15) is 6.54 Å². The van der Waals surface area contributed by atoms with Gasteiger partial charge in [-0.05, 0) is 0 Å². The summed E-state index contributed by atoms with van der Waals surface area (Å²) in [5, 5.41) is 0. The zero-order valence-corrected chi connectivity index (χ0v) is 5.06. The third-order valence-electron chi connectivity index (χ3n) is 0.539. The van der Waals surface area contributed by atoms with Crippen LogP contribution in [0.2, 0.25) is 0 Å². The van der Waals surface area contributed by atoms with E-state index in [0.29, 0.717) is 11.0 Å². The maximum Gasteiger partial charge on any atom is 0.258 e. The van der Waals surface area contributed by atoms with Crippen LogP contribution in [0.3, 0.4) is 0 Å². The van der Waals surface area contributed by atoms with Gasteiger partial charge in [-0.1, -0.05) is 0 Å². The summed E-state index contributed by atoms with van der Waals surface area (Å²) in [6.45, 7) is 0.472. The molecule has 0 aliphatic carbocycles. The van der Waals surface area contributed by atoms with Crippen molar-refractivity contribution >= 4 is 6.29 Å². The average molecular weight is 101 g/mol. The first-order valence-corrected chi connectivity index (χ1v) is 2.22. The van der Waals surface area contributed by atoms with Crippen molar-refractivity contribution in [2.24, 2.45) is 0 Å². The van der Waals surface area contributed by atoms with Crippen LogP contribution in [0.5, 0.6) is 0 Å². The topological polar surface area (TPSA) is 17.1 Å². The summed E-state index contributed by atoms with van der Waals surface area (Å²) in [6, 6.07) is 0. The highest BCUT2D eigenvalue weighted by Gasteiger charge is 2.03. The second-order valence-corrected chi connectivity index (χ2v) is 2.59. The molecule has 0 aromatic heterocycles. The van der Waals surface area contributed by atoms with Crippen LogP contribution in [0.1, 0.15) is 0 Å². The van der Waals surface area contributed by atoms with E-state index in [1.54, 1.807) is 0 Å². The average Bonchev–Trinajstić information content (AvgIpc) is 1.30. The van der Waals surface area contributed by atoms with E-state index in [9.17, 15) is 4.79 Å². The van der Waals surface area contributed by atoms with Gasteiger partial charge in [0.2, 0.25) is 0 Å². The van der Waals surface area contributed by atoms with Gasteiger partial charge in [0.15, 0.2) is 0 Å². The monoisotopic (exact) mass is 101 g/mol. The highest BCUT2D eigenvalue weighted by molar-refractivity contribution is 5.51. The Morgan fingerprint density at radius 3 is 1.86 bits per heavy atom. The molecule has 2 heteroatoms. The van der Waals surface area contributed by atoms with Crippen LogP contribution in [0, 0.1) is 0 Å². The summed E-state index contributed by atoms with van der Waals surface area (Å²) in [6.07, 6.45) is 1.83. The predicted molar refractivity (Wildman–Crippen MR) is 28.6 cm³/mol. The van der Waals surface area contributed by atoms with Gasteiger partial charge in [-0.25, -0.2) is 0 Å². The fourth-order valence-electron chi connectivity index (χ4n) is 0.194. The van der Waals surface area contributed by atoms with E-state index < -0.39 is 0 Å². The predicted octanol–water partition coefficient (Wildman–Crippen LogP) is -0.198. The highest BCUT2D eigenvalue weighted by atomic mass is 16.1. The van der Waals surface area contributed by atoms with Gasteiger partial charge in [0, 0.05) is 0 Å². The molecule has 0 atom stereocenters. The Morgan fingerprint density at radius 2 is 1.86 bits per heavy atom. The fourth-order valence-corrected chi connectivity index (χ4v) is 0.194. The van der Waals surface area contributed by atoms with Crippen LogP contribution in [0.25, 0.3) is 0 Å². The summed E-state index contributed by atoms with van der Waals surface area (Å²) in [4.78, 5) is 9.68. The maximum atomic E-state index is 9.68. The van der Waals surface area contributed by atoms with Crippen molar-refractivity contribution in [3.8, 4) is 0 Å². The Morgan fingerprint density at radius 1 is 1.43 bits per heavy atom. The lowest BCUT2D eigenvalue weighted by molar-refractivity contribution is -0.860. The van der Waals surface area contributed by atoms with Gasteiger partial charge in [-0.3, -0.25) is 4.79 Å². The van der Waals surface area contributed by atoms with E-state index >= 15 is 0 Å². The summed E-state index contributed by atoms with van der Waals surface area (Å²) < 4.78 is 0.670. The molecule has 0 aromatic carbocycles. The quantitative estimate of drug-likeness (QED) is 0.440. The second-order valence-electron chi connectivity index (χ2n) is 2.59. The molecule has 0 bridgehead atoms. The standard InChI is InChI=1S/C5H11NO/c1-6(2,3)4-5-7/h4H2,1-3H3/q+1. The Balaban J connectivity index is 3.34. The van der Waals surface area contributed by atoms with Gasteiger partial charge < -0.3 is 4.48 Å². The number of nitrogens with zero attached hydrogens (tertiary/aromatic N) is 1. The van der Waals surface area contributed by atoms with Crippen molar-refractivity contribution in [1.82, 2.24) is 0 Å². The van der Waals surface area contributed by atoms with Crippen LogP contribution in [-0.4, -0.2) is 38.5 Å². The van der Waals surface area contributed by atoms with E-state index in [-0.39, 0.29) is 0 Å². The number of quaternary nitrogens is 1. The summed E-state index contributed by atoms with van der Waals surface area (Å²) in [5.74, 6) is 0. The molecule has 1 radical (unpaired) electrons. The number of rotatable bonds is 2. The minimum absolute atomic E-state index is 0.472. The Kier molecular flexibility index (Phi) is 1.96. The lowest BCUT2D eigenvalue weighted by Crippen LogP contribution is -2.35. The molecule has 2 nitrogen and oxygen atoms in total. The first-order valence-electron chi connectivity index (χ1n) is 2.22. The van der Waals surface area contributed by atoms with Gasteiger partial charge in [0.25, 0.3) is 6.29 Å². The Bertz CT molecular complexity index is 63.0. The summed E-state index contributed by atoms with van der Waals surface area (Å²) in [7, 11) is 5.85. The molecular weight excluding hydrogens is 90.1 g/mol. The molecule has 0 aromatic rings. The molecule has 0 aliphatic heterocycles. The molecule has 0 rings (SSSR count). The van der Waals surface area contributed by atoms with E-state index in [2.05, 4.69) is 0 Å². The summed E-state index contributed by atoms with van der Waals surface area (Å²) in [5.41, 5.74) is 0. The van der Waals surface area contributed by atoms with Crippen molar-refractivity contribution in [2.45, 2.75) is 0 Å². The summed E-state index contributed by atoms with van der Waals surface area (Å²) >= 11 is 0. The first-order chi connectivity index (χ1) is 3.06. The van der Waals surface area contributed by atoms with Gasteiger partial charge in [0.05, 0.1) is 21.1 Å². The van der Waals surface area contributed by atoms with Crippen LogP contribution < -0.4 is 0 Å². The first kappa shape index (κ1) is 6.63. The van der Waals surface area contributed by atoms with Crippen molar-refractivity contribution in [2.75, 3.05) is 27.7 Å². The highest BCUT2D eigenvalue weighted by Crippen LogP contribution is 1.82. The number of likely N-dealkylation sites (N-methyl/N-ethyl adjacent to an activating group) is 1. The minimum Gasteiger partial charge on any atom is -0.324 e. The van der Waals surface area contributed by atoms with Crippen molar-refractivity contribution < 1.29 is 9.28 Å². The van der Waals surface area contributed by atoms with Gasteiger partial charge >= 0.3 is 0 Å².